The van der Waals surface area contributed by atoms with Gasteiger partial charge in [-0.1, -0.05) is 55.0 Å². The minimum Gasteiger partial charge on any atom is -0.354 e. The van der Waals surface area contributed by atoms with E-state index in [0.29, 0.717) is 24.6 Å². The molecule has 1 aliphatic rings. The van der Waals surface area contributed by atoms with Gasteiger partial charge in [0.2, 0.25) is 5.91 Å². The maximum absolute atomic E-state index is 12.9. The lowest BCUT2D eigenvalue weighted by Crippen LogP contribution is -2.48. The molecule has 5 nitrogen and oxygen atoms in total. The van der Waals surface area contributed by atoms with Crippen LogP contribution in [0.3, 0.4) is 0 Å². The second-order valence-corrected chi connectivity index (χ2v) is 8.11. The third-order valence-electron chi connectivity index (χ3n) is 5.80. The van der Waals surface area contributed by atoms with E-state index in [1.54, 1.807) is 12.1 Å². The van der Waals surface area contributed by atoms with Crippen molar-refractivity contribution >= 4 is 11.8 Å². The molecule has 3 rings (SSSR count). The Morgan fingerprint density at radius 1 is 1.03 bits per heavy atom. The van der Waals surface area contributed by atoms with Gasteiger partial charge in [-0.25, -0.2) is 0 Å². The average molecular weight is 408 g/mol. The normalized spacial score (nSPS) is 17.8. The molecule has 0 spiro atoms. The van der Waals surface area contributed by atoms with Crippen LogP contribution in [0.25, 0.3) is 0 Å². The van der Waals surface area contributed by atoms with E-state index < -0.39 is 6.04 Å². The summed E-state index contributed by atoms with van der Waals surface area (Å²) in [6.07, 6.45) is 5.23. The number of hydrogen-bond acceptors (Lipinski definition) is 3. The summed E-state index contributed by atoms with van der Waals surface area (Å²) < 4.78 is 0. The molecule has 1 fully saturated rings. The lowest BCUT2D eigenvalue weighted by atomic mass is 10.0. The zero-order valence-electron chi connectivity index (χ0n) is 17.8. The molecular weight excluding hydrogens is 374 g/mol. The van der Waals surface area contributed by atoms with E-state index in [1.165, 1.54) is 19.3 Å². The Hall–Kier alpha value is -2.66. The van der Waals surface area contributed by atoms with E-state index in [9.17, 15) is 9.59 Å². The molecule has 160 valence electrons. The summed E-state index contributed by atoms with van der Waals surface area (Å²) in [6, 6.07) is 18.9. The molecule has 0 aliphatic carbocycles. The molecule has 0 bridgehead atoms. The smallest absolute Gasteiger partial charge is 0.251 e. The van der Waals surface area contributed by atoms with Crippen LogP contribution in [0, 0.1) is 0 Å². The minimum atomic E-state index is -0.603. The maximum atomic E-state index is 12.9. The SMILES string of the molecule is CC1CCCCN1CCCNC(=O)C(Cc1ccccc1)NC(=O)c1ccccc1. The summed E-state index contributed by atoms with van der Waals surface area (Å²) in [4.78, 5) is 28.0. The number of amides is 2. The number of nitrogens with zero attached hydrogens (tertiary/aromatic N) is 1. The van der Waals surface area contributed by atoms with E-state index in [1.807, 2.05) is 48.5 Å². The van der Waals surface area contributed by atoms with Crippen LogP contribution >= 0.6 is 0 Å². The van der Waals surface area contributed by atoms with Crippen LogP contribution in [0.4, 0.5) is 0 Å². The molecule has 0 aromatic heterocycles. The first kappa shape index (κ1) is 22.0. The number of hydrogen-bond donors (Lipinski definition) is 2. The van der Waals surface area contributed by atoms with Crippen molar-refractivity contribution in [1.29, 1.82) is 0 Å². The predicted molar refractivity (Wildman–Crippen MR) is 120 cm³/mol. The zero-order valence-corrected chi connectivity index (χ0v) is 17.8. The second-order valence-electron chi connectivity index (χ2n) is 8.11. The van der Waals surface area contributed by atoms with E-state index in [0.717, 1.165) is 25.1 Å². The van der Waals surface area contributed by atoms with Gasteiger partial charge in [0, 0.05) is 31.1 Å². The Balaban J connectivity index is 1.55. The van der Waals surface area contributed by atoms with Gasteiger partial charge < -0.3 is 15.5 Å². The lowest BCUT2D eigenvalue weighted by molar-refractivity contribution is -0.123. The van der Waals surface area contributed by atoms with E-state index in [4.69, 9.17) is 0 Å². The van der Waals surface area contributed by atoms with Gasteiger partial charge in [-0.2, -0.15) is 0 Å². The minimum absolute atomic E-state index is 0.130. The van der Waals surface area contributed by atoms with E-state index in [2.05, 4.69) is 22.5 Å². The standard InChI is InChI=1S/C25H33N3O2/c1-20-11-8-9-17-28(20)18-10-16-26-25(30)23(19-21-12-4-2-5-13-21)27-24(29)22-14-6-3-7-15-22/h2-7,12-15,20,23H,8-11,16-19H2,1H3,(H,26,30)(H,27,29). The van der Waals surface area contributed by atoms with Gasteiger partial charge in [0.15, 0.2) is 0 Å². The molecule has 2 atom stereocenters. The lowest BCUT2D eigenvalue weighted by Gasteiger charge is -2.33. The first-order valence-electron chi connectivity index (χ1n) is 11.0. The molecule has 1 aliphatic heterocycles. The molecule has 0 radical (unpaired) electrons. The Kier molecular flexibility index (Phi) is 8.45. The van der Waals surface area contributed by atoms with Crippen LogP contribution in [0.1, 0.15) is 48.5 Å². The van der Waals surface area contributed by atoms with Gasteiger partial charge in [-0.3, -0.25) is 9.59 Å². The van der Waals surface area contributed by atoms with Gasteiger partial charge in [0.25, 0.3) is 5.91 Å². The predicted octanol–water partition coefficient (Wildman–Crippen LogP) is 3.41. The largest absolute Gasteiger partial charge is 0.354 e. The highest BCUT2D eigenvalue weighted by molar-refractivity contribution is 5.97. The number of carbonyl (C=O) groups is 2. The number of piperidine rings is 1. The van der Waals surface area contributed by atoms with Crippen molar-refractivity contribution in [3.8, 4) is 0 Å². The maximum Gasteiger partial charge on any atom is 0.251 e. The summed E-state index contributed by atoms with van der Waals surface area (Å²) in [5, 5.41) is 5.95. The fraction of sp³-hybridized carbons (Fsp3) is 0.440. The topological polar surface area (TPSA) is 61.4 Å². The molecule has 1 heterocycles. The molecule has 1 saturated heterocycles. The van der Waals surface area contributed by atoms with Gasteiger partial charge in [-0.05, 0) is 50.4 Å². The number of likely N-dealkylation sites (tertiary alicyclic amines) is 1. The van der Waals surface area contributed by atoms with Crippen LogP contribution in [-0.4, -0.2) is 48.4 Å². The number of nitrogens with one attached hydrogen (secondary N) is 2. The van der Waals surface area contributed by atoms with Crippen LogP contribution < -0.4 is 10.6 Å². The van der Waals surface area contributed by atoms with Crippen molar-refractivity contribution in [3.63, 3.8) is 0 Å². The van der Waals surface area contributed by atoms with Crippen molar-refractivity contribution < 1.29 is 9.59 Å². The molecule has 2 aromatic rings. The molecule has 2 amide bonds. The summed E-state index contributed by atoms with van der Waals surface area (Å²) in [5.74, 6) is -0.358. The van der Waals surface area contributed by atoms with E-state index in [-0.39, 0.29) is 11.8 Å². The highest BCUT2D eigenvalue weighted by Crippen LogP contribution is 2.16. The summed E-state index contributed by atoms with van der Waals surface area (Å²) in [7, 11) is 0. The Morgan fingerprint density at radius 2 is 1.73 bits per heavy atom. The quantitative estimate of drug-likeness (QED) is 0.626. The Bertz CT molecular complexity index is 795. The first-order chi connectivity index (χ1) is 14.6. The molecule has 0 saturated carbocycles. The van der Waals surface area contributed by atoms with Gasteiger partial charge in [0.1, 0.15) is 6.04 Å². The molecule has 2 aromatic carbocycles. The molecule has 2 N–H and O–H groups in total. The Morgan fingerprint density at radius 3 is 2.43 bits per heavy atom. The summed E-state index contributed by atoms with van der Waals surface area (Å²) in [5.41, 5.74) is 1.58. The fourth-order valence-corrected chi connectivity index (χ4v) is 4.00. The third-order valence-corrected chi connectivity index (χ3v) is 5.80. The summed E-state index contributed by atoms with van der Waals surface area (Å²) >= 11 is 0. The highest BCUT2D eigenvalue weighted by Gasteiger charge is 2.22. The molecule has 2 unspecified atom stereocenters. The van der Waals surface area contributed by atoms with Crippen LogP contribution in [0.15, 0.2) is 60.7 Å². The number of carbonyl (C=O) groups excluding carboxylic acids is 2. The van der Waals surface area contributed by atoms with Gasteiger partial charge in [-0.15, -0.1) is 0 Å². The van der Waals surface area contributed by atoms with Gasteiger partial charge >= 0.3 is 0 Å². The van der Waals surface area contributed by atoms with Crippen molar-refractivity contribution in [3.05, 3.63) is 71.8 Å². The fourth-order valence-electron chi connectivity index (χ4n) is 4.00. The van der Waals surface area contributed by atoms with Crippen molar-refractivity contribution in [2.75, 3.05) is 19.6 Å². The third kappa shape index (κ3) is 6.70. The monoisotopic (exact) mass is 407 g/mol. The van der Waals surface area contributed by atoms with E-state index >= 15 is 0 Å². The zero-order chi connectivity index (χ0) is 21.2. The van der Waals surface area contributed by atoms with Crippen LogP contribution in [-0.2, 0) is 11.2 Å². The van der Waals surface area contributed by atoms with Crippen molar-refractivity contribution in [2.45, 2.75) is 51.1 Å². The van der Waals surface area contributed by atoms with Crippen LogP contribution in [0.5, 0.6) is 0 Å². The highest BCUT2D eigenvalue weighted by atomic mass is 16.2. The average Bonchev–Trinajstić information content (AvgIpc) is 2.78. The Labute approximate surface area is 179 Å². The van der Waals surface area contributed by atoms with Crippen LogP contribution in [0.2, 0.25) is 0 Å². The van der Waals surface area contributed by atoms with Crippen molar-refractivity contribution in [2.24, 2.45) is 0 Å². The number of rotatable bonds is 9. The first-order valence-corrected chi connectivity index (χ1v) is 11.0. The van der Waals surface area contributed by atoms with Crippen molar-refractivity contribution in [1.82, 2.24) is 15.5 Å². The molecule has 5 heteroatoms. The molecular formula is C25H33N3O2. The van der Waals surface area contributed by atoms with Gasteiger partial charge in [0.05, 0.1) is 0 Å². The molecule has 30 heavy (non-hydrogen) atoms. The number of benzene rings is 2. The second kappa shape index (κ2) is 11.5. The summed E-state index contributed by atoms with van der Waals surface area (Å²) in [6.45, 7) is 5.06.